The highest BCUT2D eigenvalue weighted by molar-refractivity contribution is 6.31. The van der Waals surface area contributed by atoms with E-state index in [1.165, 1.54) is 0 Å². The van der Waals surface area contributed by atoms with Crippen LogP contribution in [0.5, 0.6) is 0 Å². The fourth-order valence-electron chi connectivity index (χ4n) is 3.84. The summed E-state index contributed by atoms with van der Waals surface area (Å²) in [6.07, 6.45) is 4.10. The van der Waals surface area contributed by atoms with Gasteiger partial charge in [-0.1, -0.05) is 40.5 Å². The first-order valence-electron chi connectivity index (χ1n) is 10.3. The average molecular weight is 446 g/mol. The molecule has 5 rings (SSSR count). The lowest BCUT2D eigenvalue weighted by molar-refractivity contribution is 0.0436. The van der Waals surface area contributed by atoms with Crippen molar-refractivity contribution in [2.45, 2.75) is 26.3 Å². The summed E-state index contributed by atoms with van der Waals surface area (Å²) in [5.74, 6) is 1.31. The molecule has 2 aromatic carbocycles. The van der Waals surface area contributed by atoms with Gasteiger partial charge < -0.3 is 9.42 Å². The van der Waals surface area contributed by atoms with Crippen LogP contribution in [0.3, 0.4) is 0 Å². The Morgan fingerprint density at radius 2 is 1.91 bits per heavy atom. The molecule has 8 heteroatoms. The third kappa shape index (κ3) is 3.54. The number of benzene rings is 2. The van der Waals surface area contributed by atoms with E-state index < -0.39 is 0 Å². The van der Waals surface area contributed by atoms with Crippen molar-refractivity contribution >= 4 is 17.5 Å². The van der Waals surface area contributed by atoms with Crippen molar-refractivity contribution in [3.05, 3.63) is 82.4 Å². The number of hydrogen-bond donors (Lipinski definition) is 0. The Labute approximate surface area is 190 Å². The SMILES string of the molecule is Cc1ccc(-c2ncccn2)c(C(=O)N2CCC2c2noc(-c3cccc(Cl)c3C)n2)c1. The van der Waals surface area contributed by atoms with Gasteiger partial charge in [0.25, 0.3) is 11.8 Å². The molecule has 1 atom stereocenters. The van der Waals surface area contributed by atoms with Crippen LogP contribution < -0.4 is 0 Å². The summed E-state index contributed by atoms with van der Waals surface area (Å²) in [6, 6.07) is 12.8. The van der Waals surface area contributed by atoms with Crippen LogP contribution in [0.25, 0.3) is 22.8 Å². The second kappa shape index (κ2) is 8.16. The summed E-state index contributed by atoms with van der Waals surface area (Å²) in [7, 11) is 0. The van der Waals surface area contributed by atoms with Crippen LogP contribution >= 0.6 is 11.6 Å². The van der Waals surface area contributed by atoms with Crippen molar-refractivity contribution in [1.29, 1.82) is 0 Å². The van der Waals surface area contributed by atoms with E-state index in [0.717, 1.165) is 23.1 Å². The van der Waals surface area contributed by atoms with Gasteiger partial charge in [0.1, 0.15) is 0 Å². The Morgan fingerprint density at radius 1 is 1.09 bits per heavy atom. The molecule has 0 bridgehead atoms. The van der Waals surface area contributed by atoms with Gasteiger partial charge in [-0.2, -0.15) is 4.98 Å². The molecular weight excluding hydrogens is 426 g/mol. The van der Waals surface area contributed by atoms with Crippen molar-refractivity contribution in [2.24, 2.45) is 0 Å². The minimum atomic E-state index is -0.246. The van der Waals surface area contributed by atoms with Crippen molar-refractivity contribution in [3.8, 4) is 22.8 Å². The maximum absolute atomic E-state index is 13.5. The van der Waals surface area contributed by atoms with Gasteiger partial charge in [-0.3, -0.25) is 4.79 Å². The van der Waals surface area contributed by atoms with Crippen molar-refractivity contribution in [1.82, 2.24) is 25.0 Å². The number of carbonyl (C=O) groups is 1. The number of rotatable bonds is 4. The third-order valence-electron chi connectivity index (χ3n) is 5.73. The van der Waals surface area contributed by atoms with Gasteiger partial charge in [-0.15, -0.1) is 0 Å². The van der Waals surface area contributed by atoms with Gasteiger partial charge in [0.05, 0.1) is 11.6 Å². The summed E-state index contributed by atoms with van der Waals surface area (Å²) in [4.78, 5) is 28.5. The van der Waals surface area contributed by atoms with E-state index in [1.807, 2.05) is 50.2 Å². The van der Waals surface area contributed by atoms with Gasteiger partial charge in [0.2, 0.25) is 0 Å². The average Bonchev–Trinajstić information content (AvgIpc) is 3.24. The predicted molar refractivity (Wildman–Crippen MR) is 120 cm³/mol. The number of carbonyl (C=O) groups excluding carboxylic acids is 1. The number of likely N-dealkylation sites (tertiary alicyclic amines) is 1. The van der Waals surface area contributed by atoms with E-state index >= 15 is 0 Å². The summed E-state index contributed by atoms with van der Waals surface area (Å²) in [5.41, 5.74) is 3.92. The number of aryl methyl sites for hydroxylation is 1. The quantitative estimate of drug-likeness (QED) is 0.437. The first-order chi connectivity index (χ1) is 15.5. The number of halogens is 1. The second-order valence-corrected chi connectivity index (χ2v) is 8.20. The molecule has 0 N–H and O–H groups in total. The summed E-state index contributed by atoms with van der Waals surface area (Å²) in [5, 5.41) is 4.80. The van der Waals surface area contributed by atoms with Gasteiger partial charge in [-0.25, -0.2) is 9.97 Å². The zero-order chi connectivity index (χ0) is 22.2. The highest BCUT2D eigenvalue weighted by Gasteiger charge is 2.38. The van der Waals surface area contributed by atoms with Crippen molar-refractivity contribution < 1.29 is 9.32 Å². The van der Waals surface area contributed by atoms with Crippen LogP contribution in [0, 0.1) is 13.8 Å². The number of amides is 1. The largest absolute Gasteiger partial charge is 0.334 e. The van der Waals surface area contributed by atoms with Crippen molar-refractivity contribution in [2.75, 3.05) is 6.54 Å². The highest BCUT2D eigenvalue weighted by Crippen LogP contribution is 2.36. The first-order valence-corrected chi connectivity index (χ1v) is 10.7. The highest BCUT2D eigenvalue weighted by atomic mass is 35.5. The van der Waals surface area contributed by atoms with E-state index in [1.54, 1.807) is 23.4 Å². The second-order valence-electron chi connectivity index (χ2n) is 7.79. The molecule has 2 aromatic heterocycles. The number of nitrogens with zero attached hydrogens (tertiary/aromatic N) is 5. The van der Waals surface area contributed by atoms with Crippen LogP contribution in [-0.4, -0.2) is 37.5 Å². The van der Waals surface area contributed by atoms with Crippen LogP contribution in [-0.2, 0) is 0 Å². The molecule has 1 aliphatic rings. The van der Waals surface area contributed by atoms with Gasteiger partial charge in [0, 0.05) is 35.1 Å². The lowest BCUT2D eigenvalue weighted by Gasteiger charge is -2.39. The molecule has 0 radical (unpaired) electrons. The maximum atomic E-state index is 13.5. The van der Waals surface area contributed by atoms with Crippen molar-refractivity contribution in [3.63, 3.8) is 0 Å². The van der Waals surface area contributed by atoms with Gasteiger partial charge in [-0.05, 0) is 50.1 Å². The van der Waals surface area contributed by atoms with E-state index in [9.17, 15) is 4.79 Å². The predicted octanol–water partition coefficient (Wildman–Crippen LogP) is 5.05. The molecule has 0 spiro atoms. The Hall–Kier alpha value is -3.58. The van der Waals surface area contributed by atoms with Crippen LogP contribution in [0.2, 0.25) is 5.02 Å². The van der Waals surface area contributed by atoms with Crippen LogP contribution in [0.15, 0.2) is 59.4 Å². The summed E-state index contributed by atoms with van der Waals surface area (Å²) >= 11 is 6.23. The molecule has 0 saturated carbocycles. The van der Waals surface area contributed by atoms with E-state index in [0.29, 0.717) is 40.2 Å². The van der Waals surface area contributed by atoms with E-state index in [-0.39, 0.29) is 11.9 Å². The van der Waals surface area contributed by atoms with Crippen LogP contribution in [0.4, 0.5) is 0 Å². The molecule has 4 aromatic rings. The smallest absolute Gasteiger partial charge is 0.258 e. The Bertz CT molecular complexity index is 1310. The molecule has 7 nitrogen and oxygen atoms in total. The van der Waals surface area contributed by atoms with Gasteiger partial charge in [0.15, 0.2) is 11.6 Å². The maximum Gasteiger partial charge on any atom is 0.258 e. The normalized spacial score (nSPS) is 15.5. The molecule has 1 saturated heterocycles. The lowest BCUT2D eigenvalue weighted by atomic mass is 9.97. The lowest BCUT2D eigenvalue weighted by Crippen LogP contribution is -2.45. The molecule has 3 heterocycles. The molecule has 160 valence electrons. The Morgan fingerprint density at radius 3 is 2.66 bits per heavy atom. The molecule has 1 unspecified atom stereocenters. The standard InChI is InChI=1S/C24H20ClN5O2/c1-14-7-8-17(21-26-10-4-11-27-21)18(13-14)24(31)30-12-9-20(30)22-28-23(32-29-22)16-5-3-6-19(25)15(16)2/h3-8,10-11,13,20H,9,12H2,1-2H3. The fourth-order valence-corrected chi connectivity index (χ4v) is 4.02. The topological polar surface area (TPSA) is 85.0 Å². The van der Waals surface area contributed by atoms with E-state index in [4.69, 9.17) is 16.1 Å². The zero-order valence-electron chi connectivity index (χ0n) is 17.6. The monoisotopic (exact) mass is 445 g/mol. The molecule has 1 aliphatic heterocycles. The third-order valence-corrected chi connectivity index (χ3v) is 6.14. The summed E-state index contributed by atoms with van der Waals surface area (Å²) < 4.78 is 5.51. The van der Waals surface area contributed by atoms with Crippen LogP contribution in [0.1, 0.15) is 39.8 Å². The molecule has 1 fully saturated rings. The minimum Gasteiger partial charge on any atom is -0.334 e. The Kier molecular flexibility index (Phi) is 5.19. The minimum absolute atomic E-state index is 0.0994. The molecule has 0 aliphatic carbocycles. The van der Waals surface area contributed by atoms with E-state index in [2.05, 4.69) is 20.1 Å². The molecule has 32 heavy (non-hydrogen) atoms. The Balaban J connectivity index is 1.45. The summed E-state index contributed by atoms with van der Waals surface area (Å²) in [6.45, 7) is 4.48. The number of aromatic nitrogens is 4. The van der Waals surface area contributed by atoms with Gasteiger partial charge >= 0.3 is 0 Å². The number of hydrogen-bond acceptors (Lipinski definition) is 6. The first kappa shape index (κ1) is 20.3. The molecular formula is C24H20ClN5O2. The molecule has 1 amide bonds. The fraction of sp³-hybridized carbons (Fsp3) is 0.208. The zero-order valence-corrected chi connectivity index (χ0v) is 18.4.